The van der Waals surface area contributed by atoms with E-state index in [-0.39, 0.29) is 11.8 Å². The highest BCUT2D eigenvalue weighted by atomic mass is 15.2. The molecule has 0 aliphatic heterocycles. The monoisotopic (exact) mass is 1110 g/mol. The number of aryl methyl sites for hydroxylation is 4. The summed E-state index contributed by atoms with van der Waals surface area (Å²) in [5.74, 6) is 0.496. The molecule has 0 saturated heterocycles. The van der Waals surface area contributed by atoms with Gasteiger partial charge in [0.05, 0.1) is 44.8 Å². The summed E-state index contributed by atoms with van der Waals surface area (Å²) in [7, 11) is 0. The van der Waals surface area contributed by atoms with E-state index in [1.54, 1.807) is 0 Å². The van der Waals surface area contributed by atoms with Gasteiger partial charge in [0.1, 0.15) is 0 Å². The summed E-state index contributed by atoms with van der Waals surface area (Å²) in [6.45, 7) is 14.1. The molecule has 16 rings (SSSR count). The van der Waals surface area contributed by atoms with Crippen molar-refractivity contribution in [2.45, 2.75) is 118 Å². The van der Waals surface area contributed by atoms with E-state index in [0.717, 1.165) is 38.5 Å². The summed E-state index contributed by atoms with van der Waals surface area (Å²) < 4.78 is 5.03. The van der Waals surface area contributed by atoms with E-state index in [4.69, 9.17) is 0 Å². The number of aromatic nitrogens is 2. The molecule has 0 saturated carbocycles. The minimum absolute atomic E-state index is 0.248. The van der Waals surface area contributed by atoms with Crippen LogP contribution in [-0.2, 0) is 38.5 Å². The summed E-state index contributed by atoms with van der Waals surface area (Å²) in [5.41, 5.74) is 26.1. The summed E-state index contributed by atoms with van der Waals surface area (Å²) in [6, 6.07) is 80.3. The van der Waals surface area contributed by atoms with Crippen molar-refractivity contribution in [3.05, 3.63) is 251 Å². The van der Waals surface area contributed by atoms with Crippen molar-refractivity contribution in [2.75, 3.05) is 9.80 Å². The number of nitrogens with zero attached hydrogens (tertiary/aromatic N) is 4. The molecule has 0 N–H and O–H groups in total. The quantitative estimate of drug-likeness (QED) is 0.113. The second-order valence-corrected chi connectivity index (χ2v) is 25.4. The SMILES string of the molecule is CCc1cccc(-n2c3ccccc3c3c(N(c4cccc5c4CCCC5)c4cc(C(C)C)c5ccc6c(N(c7cccc8c7CCCC8)c7cccc8c7c7ccccc7n8-c7cccc(CC)c7)cc(C(C)C)c7ccc4c5c76)cccc32)c1. The Labute approximate surface area is 505 Å². The summed E-state index contributed by atoms with van der Waals surface area (Å²) in [4.78, 5) is 5.45. The topological polar surface area (TPSA) is 16.3 Å². The van der Waals surface area contributed by atoms with Gasteiger partial charge in [0, 0.05) is 55.1 Å². The molecule has 0 spiro atoms. The van der Waals surface area contributed by atoms with Crippen LogP contribution in [0.25, 0.3) is 87.3 Å². The first-order valence-electron chi connectivity index (χ1n) is 32.1. The fourth-order valence-electron chi connectivity index (χ4n) is 15.8. The normalized spacial score (nSPS) is 13.6. The fraction of sp³-hybridized carbons (Fsp3) is 0.220. The van der Waals surface area contributed by atoms with Crippen LogP contribution in [0.1, 0.15) is 124 Å². The molecule has 0 atom stereocenters. The first-order chi connectivity index (χ1) is 42.3. The number of hydrogen-bond acceptors (Lipinski definition) is 2. The van der Waals surface area contributed by atoms with Crippen LogP contribution in [0, 0.1) is 0 Å². The Kier molecular flexibility index (Phi) is 12.7. The van der Waals surface area contributed by atoms with Gasteiger partial charge in [-0.15, -0.1) is 0 Å². The predicted octanol–water partition coefficient (Wildman–Crippen LogP) is 22.8. The number of para-hydroxylation sites is 2. The molecular formula is C82H74N4. The molecule has 0 radical (unpaired) electrons. The van der Waals surface area contributed by atoms with Gasteiger partial charge in [-0.05, 0) is 227 Å². The van der Waals surface area contributed by atoms with Crippen LogP contribution >= 0.6 is 0 Å². The third-order valence-corrected chi connectivity index (χ3v) is 19.9. The Bertz CT molecular complexity index is 4690. The van der Waals surface area contributed by atoms with Crippen LogP contribution in [0.15, 0.2) is 206 Å². The largest absolute Gasteiger partial charge is 0.309 e. The molecule has 86 heavy (non-hydrogen) atoms. The van der Waals surface area contributed by atoms with E-state index in [1.807, 2.05) is 0 Å². The van der Waals surface area contributed by atoms with Crippen molar-refractivity contribution in [1.82, 2.24) is 9.13 Å². The molecule has 0 fully saturated rings. The van der Waals surface area contributed by atoms with Gasteiger partial charge in [0.15, 0.2) is 0 Å². The van der Waals surface area contributed by atoms with E-state index >= 15 is 0 Å². The summed E-state index contributed by atoms with van der Waals surface area (Å²) in [6.07, 6.45) is 11.1. The zero-order chi connectivity index (χ0) is 57.9. The van der Waals surface area contributed by atoms with Crippen molar-refractivity contribution in [3.63, 3.8) is 0 Å². The molecule has 2 aromatic heterocycles. The molecule has 422 valence electrons. The van der Waals surface area contributed by atoms with Crippen LogP contribution < -0.4 is 9.80 Å². The van der Waals surface area contributed by atoms with E-state index in [9.17, 15) is 0 Å². The Morgan fingerprint density at radius 1 is 0.326 bits per heavy atom. The fourth-order valence-corrected chi connectivity index (χ4v) is 15.8. The van der Waals surface area contributed by atoms with Gasteiger partial charge in [-0.3, -0.25) is 0 Å². The lowest BCUT2D eigenvalue weighted by Crippen LogP contribution is -2.17. The van der Waals surface area contributed by atoms with Gasteiger partial charge in [-0.1, -0.05) is 163 Å². The van der Waals surface area contributed by atoms with Crippen LogP contribution in [-0.4, -0.2) is 9.13 Å². The highest BCUT2D eigenvalue weighted by Crippen LogP contribution is 2.55. The number of rotatable bonds is 12. The van der Waals surface area contributed by atoms with E-state index in [1.165, 1.54) is 192 Å². The highest BCUT2D eigenvalue weighted by Gasteiger charge is 2.32. The van der Waals surface area contributed by atoms with E-state index in [0.29, 0.717) is 0 Å². The molecular weight excluding hydrogens is 1040 g/mol. The minimum Gasteiger partial charge on any atom is -0.309 e. The van der Waals surface area contributed by atoms with Crippen molar-refractivity contribution in [3.8, 4) is 11.4 Å². The Balaban J connectivity index is 1.03. The van der Waals surface area contributed by atoms with Crippen LogP contribution in [0.3, 0.4) is 0 Å². The number of benzene rings is 12. The van der Waals surface area contributed by atoms with Gasteiger partial charge < -0.3 is 18.9 Å². The summed E-state index contributed by atoms with van der Waals surface area (Å²) >= 11 is 0. The molecule has 0 unspecified atom stereocenters. The molecule has 4 nitrogen and oxygen atoms in total. The van der Waals surface area contributed by atoms with Crippen LogP contribution in [0.5, 0.6) is 0 Å². The number of fused-ring (bicyclic) bond motifs is 8. The van der Waals surface area contributed by atoms with Crippen LogP contribution in [0.4, 0.5) is 34.1 Å². The second-order valence-electron chi connectivity index (χ2n) is 25.4. The average Bonchev–Trinajstić information content (AvgIpc) is 0.964. The lowest BCUT2D eigenvalue weighted by Gasteiger charge is -2.34. The van der Waals surface area contributed by atoms with Gasteiger partial charge in [-0.2, -0.15) is 0 Å². The van der Waals surface area contributed by atoms with Crippen LogP contribution in [0.2, 0.25) is 0 Å². The van der Waals surface area contributed by atoms with Crippen molar-refractivity contribution < 1.29 is 0 Å². The average molecular weight is 1120 g/mol. The zero-order valence-electron chi connectivity index (χ0n) is 50.6. The number of anilines is 6. The maximum atomic E-state index is 2.73. The maximum Gasteiger partial charge on any atom is 0.0562 e. The number of hydrogen-bond donors (Lipinski definition) is 0. The molecule has 0 amide bonds. The standard InChI is InChI=1S/C82H74N4/c1-7-53-23-17-29-57(47-53)83-71-35-15-13-33-63(71)81-73(83)39-21-41-75(81)85(69-37-19-27-55-25-9-11-31-59(55)69)77-49-67(51(3)4)61-44-46-66-78(50-68(52(5)6)62-43-45-65(77)79(61)80(62)66)86(70-38-20-28-56-26-10-12-32-60(56)70)76-42-22-40-74-82(76)64-34-14-16-36-72(64)84(74)58-30-18-24-54(8-2)48-58/h13-24,27-30,33-52H,7-12,25-26,31-32H2,1-6H3. The van der Waals surface area contributed by atoms with Crippen molar-refractivity contribution in [2.24, 2.45) is 0 Å². The van der Waals surface area contributed by atoms with Gasteiger partial charge >= 0.3 is 0 Å². The predicted molar refractivity (Wildman–Crippen MR) is 368 cm³/mol. The molecule has 12 aromatic carbocycles. The zero-order valence-corrected chi connectivity index (χ0v) is 50.6. The van der Waals surface area contributed by atoms with Crippen molar-refractivity contribution >= 4 is 110 Å². The smallest absolute Gasteiger partial charge is 0.0562 e. The first-order valence-corrected chi connectivity index (χ1v) is 32.1. The summed E-state index contributed by atoms with van der Waals surface area (Å²) in [5, 5.41) is 13.0. The Morgan fingerprint density at radius 3 is 1.15 bits per heavy atom. The Hall–Kier alpha value is -9.12. The third-order valence-electron chi connectivity index (χ3n) is 19.9. The first kappa shape index (κ1) is 52.4. The Morgan fingerprint density at radius 2 is 0.709 bits per heavy atom. The minimum atomic E-state index is 0.248. The molecule has 2 heterocycles. The lowest BCUT2D eigenvalue weighted by molar-refractivity contribution is 0.686. The maximum absolute atomic E-state index is 2.73. The molecule has 0 bridgehead atoms. The highest BCUT2D eigenvalue weighted by molar-refractivity contribution is 6.30. The van der Waals surface area contributed by atoms with Crippen molar-refractivity contribution in [1.29, 1.82) is 0 Å². The molecule has 2 aliphatic carbocycles. The van der Waals surface area contributed by atoms with E-state index in [2.05, 4.69) is 267 Å². The lowest BCUT2D eigenvalue weighted by atomic mass is 9.83. The van der Waals surface area contributed by atoms with E-state index < -0.39 is 0 Å². The van der Waals surface area contributed by atoms with Gasteiger partial charge in [0.2, 0.25) is 0 Å². The third kappa shape index (κ3) is 8.08. The molecule has 14 aromatic rings. The van der Waals surface area contributed by atoms with Gasteiger partial charge in [0.25, 0.3) is 0 Å². The van der Waals surface area contributed by atoms with Gasteiger partial charge in [-0.25, -0.2) is 0 Å². The molecule has 2 aliphatic rings. The second kappa shape index (κ2) is 20.8. The molecule has 4 heteroatoms.